The van der Waals surface area contributed by atoms with Crippen LogP contribution in [-0.2, 0) is 11.3 Å². The molecule has 4 atom stereocenters. The van der Waals surface area contributed by atoms with Gasteiger partial charge in [0.25, 0.3) is 5.78 Å². The lowest BCUT2D eigenvalue weighted by molar-refractivity contribution is -0.0498. The standard InChI is InChI=1S/C30H40F2N8O2/c1-6-22-15-37(19(4)14-39(22)26(18(2)3)21-9-11-23(12-10-21)42-29(31)32)27-25-28(40-17-33-36-30(40)35-27)38(20(5)34-25)16-24-8-7-13-41-24/h9-12,17-19,22,24,26,29H,6-8,13-16H2,1-5H3/t19-,22+,24-,26-/m0/s1. The summed E-state index contributed by atoms with van der Waals surface area (Å²) in [6, 6.07) is 7.62. The van der Waals surface area contributed by atoms with E-state index in [0.717, 1.165) is 73.9 Å². The quantitative estimate of drug-likeness (QED) is 0.265. The van der Waals surface area contributed by atoms with Crippen LogP contribution >= 0.6 is 0 Å². The third kappa shape index (κ3) is 5.30. The second-order valence-electron chi connectivity index (χ2n) is 11.9. The summed E-state index contributed by atoms with van der Waals surface area (Å²) < 4.78 is 40.2. The van der Waals surface area contributed by atoms with E-state index in [2.05, 4.69) is 57.0 Å². The number of aromatic nitrogens is 6. The van der Waals surface area contributed by atoms with E-state index < -0.39 is 6.61 Å². The number of halogens is 2. The Bertz CT molecular complexity index is 1520. The van der Waals surface area contributed by atoms with Crippen molar-refractivity contribution in [2.45, 2.75) is 91.3 Å². The number of piperazine rings is 1. The number of imidazole rings is 1. The summed E-state index contributed by atoms with van der Waals surface area (Å²) in [5, 5.41) is 8.52. The summed E-state index contributed by atoms with van der Waals surface area (Å²) >= 11 is 0. The van der Waals surface area contributed by atoms with Crippen molar-refractivity contribution in [1.29, 1.82) is 0 Å². The van der Waals surface area contributed by atoms with Gasteiger partial charge in [0.2, 0.25) is 0 Å². The Morgan fingerprint density at radius 2 is 1.90 bits per heavy atom. The van der Waals surface area contributed by atoms with Crippen molar-refractivity contribution in [3.8, 4) is 5.75 Å². The van der Waals surface area contributed by atoms with Crippen LogP contribution in [-0.4, -0.2) is 78.5 Å². The molecule has 4 aromatic rings. The zero-order valence-corrected chi connectivity index (χ0v) is 25.0. The molecule has 5 heterocycles. The van der Waals surface area contributed by atoms with Crippen LogP contribution < -0.4 is 9.64 Å². The molecule has 42 heavy (non-hydrogen) atoms. The monoisotopic (exact) mass is 582 g/mol. The normalized spacial score (nSPS) is 22.7. The summed E-state index contributed by atoms with van der Waals surface area (Å²) in [7, 11) is 0. The lowest BCUT2D eigenvalue weighted by atomic mass is 9.90. The molecule has 2 saturated heterocycles. The van der Waals surface area contributed by atoms with E-state index in [1.54, 1.807) is 18.5 Å². The van der Waals surface area contributed by atoms with Gasteiger partial charge in [-0.15, -0.1) is 10.2 Å². The molecule has 0 radical (unpaired) electrons. The van der Waals surface area contributed by atoms with Crippen molar-refractivity contribution >= 4 is 22.8 Å². The molecule has 226 valence electrons. The van der Waals surface area contributed by atoms with E-state index in [1.165, 1.54) is 0 Å². The molecular formula is C30H40F2N8O2. The average molecular weight is 583 g/mol. The van der Waals surface area contributed by atoms with Gasteiger partial charge in [-0.2, -0.15) is 13.8 Å². The van der Waals surface area contributed by atoms with Gasteiger partial charge >= 0.3 is 6.61 Å². The van der Waals surface area contributed by atoms with E-state index in [-0.39, 0.29) is 30.0 Å². The maximum Gasteiger partial charge on any atom is 0.387 e. The Morgan fingerprint density at radius 1 is 1.12 bits per heavy atom. The van der Waals surface area contributed by atoms with Gasteiger partial charge in [-0.1, -0.05) is 32.9 Å². The van der Waals surface area contributed by atoms with Gasteiger partial charge in [0.15, 0.2) is 11.5 Å². The van der Waals surface area contributed by atoms with E-state index in [0.29, 0.717) is 11.7 Å². The summed E-state index contributed by atoms with van der Waals surface area (Å²) in [6.45, 7) is 11.2. The van der Waals surface area contributed by atoms with Gasteiger partial charge in [0.1, 0.15) is 23.4 Å². The highest BCUT2D eigenvalue weighted by Gasteiger charge is 2.38. The van der Waals surface area contributed by atoms with Gasteiger partial charge in [0, 0.05) is 37.8 Å². The van der Waals surface area contributed by atoms with Gasteiger partial charge < -0.3 is 18.9 Å². The number of nitrogens with zero attached hydrogens (tertiary/aromatic N) is 8. The summed E-state index contributed by atoms with van der Waals surface area (Å²) in [5.74, 6) is 2.80. The molecule has 2 aliphatic rings. The number of alkyl halides is 2. The minimum absolute atomic E-state index is 0.125. The number of hydrogen-bond donors (Lipinski definition) is 0. The topological polar surface area (TPSA) is 85.8 Å². The molecule has 0 bridgehead atoms. The largest absolute Gasteiger partial charge is 0.435 e. The minimum atomic E-state index is -2.83. The second-order valence-corrected chi connectivity index (χ2v) is 11.9. The molecule has 0 aliphatic carbocycles. The summed E-state index contributed by atoms with van der Waals surface area (Å²) in [5.41, 5.74) is 2.89. The predicted molar refractivity (Wildman–Crippen MR) is 156 cm³/mol. The highest BCUT2D eigenvalue weighted by Crippen LogP contribution is 2.37. The molecule has 12 heteroatoms. The van der Waals surface area contributed by atoms with Crippen molar-refractivity contribution in [2.24, 2.45) is 5.92 Å². The van der Waals surface area contributed by atoms with Crippen molar-refractivity contribution < 1.29 is 18.3 Å². The van der Waals surface area contributed by atoms with Gasteiger partial charge in [-0.3, -0.25) is 4.90 Å². The van der Waals surface area contributed by atoms with E-state index in [4.69, 9.17) is 14.7 Å². The molecule has 2 aliphatic heterocycles. The summed E-state index contributed by atoms with van der Waals surface area (Å²) in [4.78, 5) is 15.0. The zero-order valence-electron chi connectivity index (χ0n) is 25.0. The SMILES string of the molecule is CC[C@@H]1CN(c2nc3nncn3c3c2nc(C)n3C[C@@H]2CCCO2)[C@@H](C)CN1[C@H](c1ccc(OC(F)F)cc1)C(C)C. The number of benzene rings is 1. The van der Waals surface area contributed by atoms with Crippen molar-refractivity contribution in [3.05, 3.63) is 42.0 Å². The van der Waals surface area contributed by atoms with Gasteiger partial charge in [-0.25, -0.2) is 9.38 Å². The third-order valence-corrected chi connectivity index (χ3v) is 8.78. The van der Waals surface area contributed by atoms with E-state index in [1.807, 2.05) is 23.5 Å². The predicted octanol–water partition coefficient (Wildman–Crippen LogP) is 5.25. The number of rotatable bonds is 9. The number of fused-ring (bicyclic) bond motifs is 3. The van der Waals surface area contributed by atoms with Crippen LogP contribution in [0, 0.1) is 12.8 Å². The lowest BCUT2D eigenvalue weighted by Gasteiger charge is -2.50. The Balaban J connectivity index is 1.34. The molecule has 0 N–H and O–H groups in total. The molecule has 6 rings (SSSR count). The fraction of sp³-hybridized carbons (Fsp3) is 0.600. The maximum absolute atomic E-state index is 12.7. The number of ether oxygens (including phenoxy) is 2. The summed E-state index contributed by atoms with van der Waals surface area (Å²) in [6.07, 6.45) is 4.94. The van der Waals surface area contributed by atoms with Crippen LogP contribution in [0.1, 0.15) is 64.4 Å². The fourth-order valence-corrected chi connectivity index (χ4v) is 6.83. The van der Waals surface area contributed by atoms with Crippen molar-refractivity contribution in [1.82, 2.24) is 34.0 Å². The van der Waals surface area contributed by atoms with Crippen LogP contribution in [0.2, 0.25) is 0 Å². The molecule has 0 unspecified atom stereocenters. The molecule has 2 fully saturated rings. The fourth-order valence-electron chi connectivity index (χ4n) is 6.83. The number of anilines is 1. The van der Waals surface area contributed by atoms with Crippen LogP contribution in [0.4, 0.5) is 14.6 Å². The zero-order chi connectivity index (χ0) is 29.5. The van der Waals surface area contributed by atoms with Crippen LogP contribution in [0.25, 0.3) is 16.9 Å². The van der Waals surface area contributed by atoms with E-state index in [9.17, 15) is 8.78 Å². The first kappa shape index (κ1) is 28.7. The molecule has 10 nitrogen and oxygen atoms in total. The van der Waals surface area contributed by atoms with Crippen molar-refractivity contribution in [2.75, 3.05) is 24.6 Å². The van der Waals surface area contributed by atoms with Gasteiger partial charge in [0.05, 0.1) is 12.6 Å². The molecule has 0 amide bonds. The molecule has 1 aromatic carbocycles. The van der Waals surface area contributed by atoms with Crippen LogP contribution in [0.3, 0.4) is 0 Å². The Morgan fingerprint density at radius 3 is 2.57 bits per heavy atom. The molecule has 3 aromatic heterocycles. The maximum atomic E-state index is 12.7. The first-order chi connectivity index (χ1) is 20.2. The number of hydrogen-bond acceptors (Lipinski definition) is 8. The molecule has 0 saturated carbocycles. The Kier molecular flexibility index (Phi) is 8.01. The second kappa shape index (κ2) is 11.7. The highest BCUT2D eigenvalue weighted by molar-refractivity contribution is 5.87. The Labute approximate surface area is 244 Å². The van der Waals surface area contributed by atoms with Crippen LogP contribution in [0.5, 0.6) is 5.75 Å². The number of aryl methyl sites for hydroxylation is 1. The lowest BCUT2D eigenvalue weighted by Crippen LogP contribution is -2.59. The first-order valence-corrected chi connectivity index (χ1v) is 15.0. The smallest absolute Gasteiger partial charge is 0.387 e. The van der Waals surface area contributed by atoms with Crippen LogP contribution in [0.15, 0.2) is 30.6 Å². The average Bonchev–Trinajstić information content (AvgIpc) is 3.70. The van der Waals surface area contributed by atoms with Gasteiger partial charge in [-0.05, 0) is 56.7 Å². The van der Waals surface area contributed by atoms with E-state index >= 15 is 0 Å². The molecule has 0 spiro atoms. The molecular weight excluding hydrogens is 542 g/mol. The third-order valence-electron chi connectivity index (χ3n) is 8.78. The van der Waals surface area contributed by atoms with Crippen molar-refractivity contribution in [3.63, 3.8) is 0 Å². The highest BCUT2D eigenvalue weighted by atomic mass is 19.3. The Hall–Kier alpha value is -3.38. The first-order valence-electron chi connectivity index (χ1n) is 15.0. The minimum Gasteiger partial charge on any atom is -0.435 e.